The molecule has 0 bridgehead atoms. The van der Waals surface area contributed by atoms with Crippen LogP contribution in [-0.2, 0) is 4.79 Å². The van der Waals surface area contributed by atoms with Crippen LogP contribution in [-0.4, -0.2) is 58.2 Å². The Bertz CT molecular complexity index is 531. The first-order valence-corrected chi connectivity index (χ1v) is 8.15. The second kappa shape index (κ2) is 6.60. The summed E-state index contributed by atoms with van der Waals surface area (Å²) in [4.78, 5) is 24.7. The molecular formula is C16H24N4O2. The van der Waals surface area contributed by atoms with Gasteiger partial charge in [-0.1, -0.05) is 12.8 Å². The van der Waals surface area contributed by atoms with Gasteiger partial charge in [-0.15, -0.1) is 0 Å². The van der Waals surface area contributed by atoms with Crippen molar-refractivity contribution in [1.29, 1.82) is 0 Å². The molecule has 2 aliphatic rings. The van der Waals surface area contributed by atoms with E-state index in [0.717, 1.165) is 24.7 Å². The van der Waals surface area contributed by atoms with Crippen molar-refractivity contribution in [3.8, 4) is 0 Å². The number of nitrogens with zero attached hydrogens (tertiary/aromatic N) is 4. The molecule has 2 fully saturated rings. The van der Waals surface area contributed by atoms with Gasteiger partial charge in [0.25, 0.3) is 0 Å². The molecule has 1 saturated carbocycles. The molecule has 1 saturated heterocycles. The Morgan fingerprint density at radius 1 is 1.27 bits per heavy atom. The molecule has 0 radical (unpaired) electrons. The Labute approximate surface area is 131 Å². The van der Waals surface area contributed by atoms with Crippen molar-refractivity contribution in [3.05, 3.63) is 18.1 Å². The average molecular weight is 304 g/mol. The first-order valence-electron chi connectivity index (χ1n) is 8.15. The maximum atomic E-state index is 11.6. The zero-order valence-corrected chi connectivity index (χ0v) is 13.1. The number of rotatable bonds is 3. The lowest BCUT2D eigenvalue weighted by Crippen LogP contribution is -2.39. The van der Waals surface area contributed by atoms with Gasteiger partial charge in [-0.05, 0) is 25.8 Å². The van der Waals surface area contributed by atoms with Gasteiger partial charge in [-0.25, -0.2) is 9.97 Å². The summed E-state index contributed by atoms with van der Waals surface area (Å²) in [5, 5.41) is 9.56. The fourth-order valence-electron chi connectivity index (χ4n) is 3.62. The van der Waals surface area contributed by atoms with Crippen LogP contribution in [0.3, 0.4) is 0 Å². The average Bonchev–Trinajstić information content (AvgIpc) is 2.93. The van der Waals surface area contributed by atoms with E-state index in [1.807, 2.05) is 13.0 Å². The van der Waals surface area contributed by atoms with Gasteiger partial charge in [-0.2, -0.15) is 0 Å². The van der Waals surface area contributed by atoms with Crippen molar-refractivity contribution in [2.75, 3.05) is 31.1 Å². The normalized spacial score (nSPS) is 24.4. The minimum Gasteiger partial charge on any atom is -0.481 e. The van der Waals surface area contributed by atoms with Gasteiger partial charge in [0, 0.05) is 38.4 Å². The second-order valence-corrected chi connectivity index (χ2v) is 6.38. The van der Waals surface area contributed by atoms with E-state index in [9.17, 15) is 9.90 Å². The molecule has 1 aromatic heterocycles. The number of aromatic nitrogens is 2. The number of carboxylic acid groups (broad SMARTS) is 1. The fraction of sp³-hybridized carbons (Fsp3) is 0.688. The highest BCUT2D eigenvalue weighted by atomic mass is 16.4. The van der Waals surface area contributed by atoms with Crippen LogP contribution < -0.4 is 4.90 Å². The number of anilines is 1. The van der Waals surface area contributed by atoms with Crippen LogP contribution in [0, 0.1) is 12.8 Å². The Morgan fingerprint density at radius 3 is 2.73 bits per heavy atom. The molecule has 2 heterocycles. The van der Waals surface area contributed by atoms with Crippen molar-refractivity contribution < 1.29 is 9.90 Å². The topological polar surface area (TPSA) is 69.6 Å². The summed E-state index contributed by atoms with van der Waals surface area (Å²) in [5.41, 5.74) is 0. The van der Waals surface area contributed by atoms with Crippen LogP contribution >= 0.6 is 0 Å². The van der Waals surface area contributed by atoms with Crippen LogP contribution in [0.5, 0.6) is 0 Å². The Hall–Kier alpha value is -1.69. The standard InChI is InChI=1S/C16H24N4O2/c1-12-17-7-6-15(18-12)20-9-8-19(14-4-2-3-5-14)10-13(11-20)16(21)22/h6-7,13-14H,2-5,8-11H2,1H3,(H,21,22). The molecule has 3 rings (SSSR count). The summed E-state index contributed by atoms with van der Waals surface area (Å²) in [7, 11) is 0. The molecule has 0 spiro atoms. The van der Waals surface area contributed by atoms with E-state index < -0.39 is 5.97 Å². The maximum absolute atomic E-state index is 11.6. The quantitative estimate of drug-likeness (QED) is 0.914. The molecule has 6 nitrogen and oxygen atoms in total. The van der Waals surface area contributed by atoms with Crippen LogP contribution in [0.1, 0.15) is 31.5 Å². The smallest absolute Gasteiger partial charge is 0.309 e. The monoisotopic (exact) mass is 304 g/mol. The van der Waals surface area contributed by atoms with Crippen LogP contribution in [0.25, 0.3) is 0 Å². The number of hydrogen-bond donors (Lipinski definition) is 1. The molecule has 0 amide bonds. The van der Waals surface area contributed by atoms with Gasteiger partial charge in [-0.3, -0.25) is 9.69 Å². The van der Waals surface area contributed by atoms with Gasteiger partial charge in [0.15, 0.2) is 0 Å². The van der Waals surface area contributed by atoms with E-state index in [4.69, 9.17) is 0 Å². The van der Waals surface area contributed by atoms with Gasteiger partial charge in [0.1, 0.15) is 11.6 Å². The Morgan fingerprint density at radius 2 is 2.05 bits per heavy atom. The van der Waals surface area contributed by atoms with Crippen molar-refractivity contribution in [1.82, 2.24) is 14.9 Å². The van der Waals surface area contributed by atoms with E-state index in [2.05, 4.69) is 19.8 Å². The summed E-state index contributed by atoms with van der Waals surface area (Å²) in [5.74, 6) is 0.493. The lowest BCUT2D eigenvalue weighted by atomic mass is 10.1. The highest BCUT2D eigenvalue weighted by Crippen LogP contribution is 2.26. The zero-order chi connectivity index (χ0) is 15.5. The molecule has 1 unspecified atom stereocenters. The Kier molecular flexibility index (Phi) is 4.57. The van der Waals surface area contributed by atoms with E-state index in [1.54, 1.807) is 6.20 Å². The lowest BCUT2D eigenvalue weighted by Gasteiger charge is -2.28. The summed E-state index contributed by atoms with van der Waals surface area (Å²) in [6.07, 6.45) is 6.70. The van der Waals surface area contributed by atoms with Crippen molar-refractivity contribution >= 4 is 11.8 Å². The van der Waals surface area contributed by atoms with Gasteiger partial charge < -0.3 is 10.0 Å². The molecule has 6 heteroatoms. The third-order valence-electron chi connectivity index (χ3n) is 4.83. The Balaban J connectivity index is 1.77. The second-order valence-electron chi connectivity index (χ2n) is 6.38. The number of hydrogen-bond acceptors (Lipinski definition) is 5. The molecule has 1 aliphatic carbocycles. The van der Waals surface area contributed by atoms with Crippen molar-refractivity contribution in [2.45, 2.75) is 38.6 Å². The van der Waals surface area contributed by atoms with Crippen molar-refractivity contribution in [2.24, 2.45) is 5.92 Å². The first-order chi connectivity index (χ1) is 10.6. The third kappa shape index (κ3) is 3.38. The molecular weight excluding hydrogens is 280 g/mol. The van der Waals surface area contributed by atoms with Crippen LogP contribution in [0.15, 0.2) is 12.3 Å². The predicted octanol–water partition coefficient (Wildman–Crippen LogP) is 1.55. The molecule has 22 heavy (non-hydrogen) atoms. The molecule has 120 valence electrons. The lowest BCUT2D eigenvalue weighted by molar-refractivity contribution is -0.142. The minimum absolute atomic E-state index is 0.363. The highest BCUT2D eigenvalue weighted by Gasteiger charge is 2.32. The van der Waals surface area contributed by atoms with E-state index in [1.165, 1.54) is 25.7 Å². The number of aryl methyl sites for hydroxylation is 1. The SMILES string of the molecule is Cc1nccc(N2CCN(C3CCCC3)CC(C(=O)O)C2)n1. The molecule has 1 atom stereocenters. The number of aliphatic carboxylic acids is 1. The van der Waals surface area contributed by atoms with Crippen molar-refractivity contribution in [3.63, 3.8) is 0 Å². The summed E-state index contributed by atoms with van der Waals surface area (Å²) >= 11 is 0. The molecule has 1 aromatic rings. The number of carbonyl (C=O) groups is 1. The van der Waals surface area contributed by atoms with Gasteiger partial charge in [0.2, 0.25) is 0 Å². The number of carboxylic acids is 1. The largest absolute Gasteiger partial charge is 0.481 e. The fourth-order valence-corrected chi connectivity index (χ4v) is 3.62. The molecule has 1 N–H and O–H groups in total. The third-order valence-corrected chi connectivity index (χ3v) is 4.83. The predicted molar refractivity (Wildman–Crippen MR) is 83.9 cm³/mol. The summed E-state index contributed by atoms with van der Waals surface area (Å²) < 4.78 is 0. The van der Waals surface area contributed by atoms with Gasteiger partial charge in [0.05, 0.1) is 5.92 Å². The molecule has 1 aliphatic heterocycles. The van der Waals surface area contributed by atoms with Gasteiger partial charge >= 0.3 is 5.97 Å². The van der Waals surface area contributed by atoms with E-state index in [0.29, 0.717) is 19.1 Å². The zero-order valence-electron chi connectivity index (χ0n) is 13.1. The summed E-state index contributed by atoms with van der Waals surface area (Å²) in [6.45, 7) is 4.78. The maximum Gasteiger partial charge on any atom is 0.309 e. The highest BCUT2D eigenvalue weighted by molar-refractivity contribution is 5.71. The van der Waals surface area contributed by atoms with E-state index >= 15 is 0 Å². The minimum atomic E-state index is -0.708. The summed E-state index contributed by atoms with van der Waals surface area (Å²) in [6, 6.07) is 2.44. The molecule has 0 aromatic carbocycles. The van der Waals surface area contributed by atoms with Crippen LogP contribution in [0.4, 0.5) is 5.82 Å². The van der Waals surface area contributed by atoms with E-state index in [-0.39, 0.29) is 5.92 Å². The first kappa shape index (κ1) is 15.2. The van der Waals surface area contributed by atoms with Crippen LogP contribution in [0.2, 0.25) is 0 Å².